The predicted octanol–water partition coefficient (Wildman–Crippen LogP) is 1.86. The maximum atomic E-state index is 11.0. The van der Waals surface area contributed by atoms with E-state index in [4.69, 9.17) is 4.74 Å². The molecule has 3 heteroatoms. The van der Waals surface area contributed by atoms with Crippen LogP contribution < -0.4 is 0 Å². The maximum Gasteiger partial charge on any atom is 0.333 e. The Morgan fingerprint density at radius 3 is 2.38 bits per heavy atom. The smallest absolute Gasteiger partial charge is 0.333 e. The Kier molecular flexibility index (Phi) is 5.85. The molecule has 3 nitrogen and oxygen atoms in total. The van der Waals surface area contributed by atoms with Gasteiger partial charge in [-0.25, -0.2) is 4.79 Å². The Bertz CT molecular complexity index is 216. The molecule has 0 bridgehead atoms. The highest BCUT2D eigenvalue weighted by atomic mass is 16.5. The van der Waals surface area contributed by atoms with Gasteiger partial charge in [0.25, 0.3) is 0 Å². The van der Waals surface area contributed by atoms with Gasteiger partial charge in [-0.05, 0) is 27.2 Å². The molecule has 0 aromatic heterocycles. The van der Waals surface area contributed by atoms with E-state index in [2.05, 4.69) is 0 Å². The number of hydrogen-bond acceptors (Lipinski definition) is 3. The number of carbonyl (C=O) groups is 2. The van der Waals surface area contributed by atoms with Crippen molar-refractivity contribution in [2.45, 2.75) is 33.6 Å². The molecule has 0 N–H and O–H groups in total. The maximum absolute atomic E-state index is 11.0. The average Bonchev–Trinajstić information content (AvgIpc) is 2.04. The van der Waals surface area contributed by atoms with E-state index < -0.39 is 0 Å². The van der Waals surface area contributed by atoms with E-state index in [1.807, 2.05) is 0 Å². The van der Waals surface area contributed by atoms with Gasteiger partial charge in [0.1, 0.15) is 5.78 Å². The van der Waals surface area contributed by atoms with Crippen LogP contribution in [0.15, 0.2) is 11.6 Å². The van der Waals surface area contributed by atoms with Gasteiger partial charge in [-0.15, -0.1) is 0 Å². The fourth-order valence-corrected chi connectivity index (χ4v) is 0.820. The van der Waals surface area contributed by atoms with Crippen molar-refractivity contribution in [3.05, 3.63) is 11.6 Å². The number of hydrogen-bond donors (Lipinski definition) is 0. The second-order valence-electron chi connectivity index (χ2n) is 2.85. The van der Waals surface area contributed by atoms with Crippen LogP contribution >= 0.6 is 0 Å². The van der Waals surface area contributed by atoms with Crippen LogP contribution in [0.5, 0.6) is 0 Å². The van der Waals surface area contributed by atoms with Gasteiger partial charge in [0.05, 0.1) is 6.61 Å². The van der Waals surface area contributed by atoms with Gasteiger partial charge in [0.2, 0.25) is 0 Å². The van der Waals surface area contributed by atoms with Gasteiger partial charge in [-0.3, -0.25) is 0 Å². The Balaban J connectivity index is 3.87. The first-order valence-corrected chi connectivity index (χ1v) is 4.41. The normalized spacial score (nSPS) is 11.2. The molecule has 0 aromatic carbocycles. The summed E-state index contributed by atoms with van der Waals surface area (Å²) in [6, 6.07) is 0. The van der Waals surface area contributed by atoms with Gasteiger partial charge in [0, 0.05) is 12.0 Å². The van der Waals surface area contributed by atoms with Crippen LogP contribution in [0.4, 0.5) is 0 Å². The lowest BCUT2D eigenvalue weighted by molar-refractivity contribution is -0.138. The van der Waals surface area contributed by atoms with Crippen LogP contribution in [-0.4, -0.2) is 18.4 Å². The summed E-state index contributed by atoms with van der Waals surface area (Å²) in [6.45, 7) is 5.38. The second kappa shape index (κ2) is 6.40. The molecular weight excluding hydrogens is 168 g/mol. The largest absolute Gasteiger partial charge is 0.463 e. The van der Waals surface area contributed by atoms with Crippen LogP contribution in [0.25, 0.3) is 0 Å². The first kappa shape index (κ1) is 11.9. The summed E-state index contributed by atoms with van der Waals surface area (Å²) < 4.78 is 4.77. The van der Waals surface area contributed by atoms with Crippen molar-refractivity contribution in [2.24, 2.45) is 0 Å². The van der Waals surface area contributed by atoms with Crippen LogP contribution in [0.1, 0.15) is 33.6 Å². The summed E-state index contributed by atoms with van der Waals surface area (Å²) >= 11 is 0. The van der Waals surface area contributed by atoms with Crippen molar-refractivity contribution in [2.75, 3.05) is 6.61 Å². The Labute approximate surface area is 78.8 Å². The monoisotopic (exact) mass is 184 g/mol. The number of rotatable bonds is 5. The summed E-state index contributed by atoms with van der Waals surface area (Å²) in [5, 5.41) is 0. The van der Waals surface area contributed by atoms with Gasteiger partial charge in [0.15, 0.2) is 0 Å². The van der Waals surface area contributed by atoms with Gasteiger partial charge >= 0.3 is 5.97 Å². The molecule has 0 aliphatic rings. The summed E-state index contributed by atoms with van der Waals surface area (Å²) in [5.74, 6) is -0.168. The molecule has 0 aromatic rings. The number of ether oxygens (including phenoxy) is 1. The highest BCUT2D eigenvalue weighted by Gasteiger charge is 2.03. The quantitative estimate of drug-likeness (QED) is 0.484. The third-order valence-corrected chi connectivity index (χ3v) is 1.54. The van der Waals surface area contributed by atoms with Gasteiger partial charge in [-0.2, -0.15) is 0 Å². The average molecular weight is 184 g/mol. The fraction of sp³-hybridized carbons (Fsp3) is 0.600. The van der Waals surface area contributed by atoms with Crippen LogP contribution in [0.2, 0.25) is 0 Å². The molecule has 0 aliphatic heterocycles. The van der Waals surface area contributed by atoms with E-state index in [1.165, 1.54) is 6.92 Å². The molecular formula is C10H16O3. The first-order chi connectivity index (χ1) is 6.07. The zero-order valence-electron chi connectivity index (χ0n) is 8.42. The molecule has 0 radical (unpaired) electrons. The SMILES string of the molecule is CCOC(=O)C(C)=CCCC(C)=O. The molecule has 0 saturated carbocycles. The molecule has 0 aliphatic carbocycles. The van der Waals surface area contributed by atoms with Crippen LogP contribution in [-0.2, 0) is 14.3 Å². The number of carbonyl (C=O) groups excluding carboxylic acids is 2. The fourth-order valence-electron chi connectivity index (χ4n) is 0.820. The predicted molar refractivity (Wildman–Crippen MR) is 50.3 cm³/mol. The molecule has 0 spiro atoms. The zero-order chi connectivity index (χ0) is 10.3. The van der Waals surface area contributed by atoms with E-state index in [9.17, 15) is 9.59 Å². The van der Waals surface area contributed by atoms with Crippen LogP contribution in [0, 0.1) is 0 Å². The summed E-state index contributed by atoms with van der Waals surface area (Å²) in [7, 11) is 0. The van der Waals surface area contributed by atoms with Crippen molar-refractivity contribution < 1.29 is 14.3 Å². The standard InChI is InChI=1S/C10H16O3/c1-4-13-10(12)8(2)6-5-7-9(3)11/h6H,4-5,7H2,1-3H3. The number of allylic oxidation sites excluding steroid dienone is 1. The van der Waals surface area contributed by atoms with Crippen molar-refractivity contribution >= 4 is 11.8 Å². The number of esters is 1. The number of ketones is 1. The van der Waals surface area contributed by atoms with E-state index >= 15 is 0 Å². The summed E-state index contributed by atoms with van der Waals surface area (Å²) in [5.41, 5.74) is 0.572. The summed E-state index contributed by atoms with van der Waals surface area (Å²) in [6.07, 6.45) is 2.83. The minimum Gasteiger partial charge on any atom is -0.463 e. The molecule has 0 amide bonds. The molecule has 0 atom stereocenters. The highest BCUT2D eigenvalue weighted by molar-refractivity contribution is 5.87. The van der Waals surface area contributed by atoms with Crippen molar-refractivity contribution in [3.63, 3.8) is 0 Å². The Morgan fingerprint density at radius 1 is 1.31 bits per heavy atom. The molecule has 0 rings (SSSR count). The highest BCUT2D eigenvalue weighted by Crippen LogP contribution is 2.01. The Morgan fingerprint density at radius 2 is 1.92 bits per heavy atom. The topological polar surface area (TPSA) is 43.4 Å². The number of Topliss-reactive ketones (excluding diaryl/α,β-unsaturated/α-hetero) is 1. The van der Waals surface area contributed by atoms with Gasteiger partial charge < -0.3 is 9.53 Å². The summed E-state index contributed by atoms with van der Waals surface area (Å²) in [4.78, 5) is 21.6. The van der Waals surface area contributed by atoms with Gasteiger partial charge in [-0.1, -0.05) is 6.08 Å². The molecule has 74 valence electrons. The lowest BCUT2D eigenvalue weighted by atomic mass is 10.2. The van der Waals surface area contributed by atoms with E-state index in [0.29, 0.717) is 25.0 Å². The van der Waals surface area contributed by atoms with Crippen molar-refractivity contribution in [3.8, 4) is 0 Å². The zero-order valence-corrected chi connectivity index (χ0v) is 8.42. The minimum atomic E-state index is -0.300. The third-order valence-electron chi connectivity index (χ3n) is 1.54. The van der Waals surface area contributed by atoms with E-state index in [-0.39, 0.29) is 11.8 Å². The molecule has 0 unspecified atom stereocenters. The molecule has 0 saturated heterocycles. The molecule has 0 heterocycles. The minimum absolute atomic E-state index is 0.132. The second-order valence-corrected chi connectivity index (χ2v) is 2.85. The first-order valence-electron chi connectivity index (χ1n) is 4.41. The lowest BCUT2D eigenvalue weighted by Crippen LogP contribution is -2.05. The van der Waals surface area contributed by atoms with Crippen molar-refractivity contribution in [1.82, 2.24) is 0 Å². The van der Waals surface area contributed by atoms with Crippen LogP contribution in [0.3, 0.4) is 0 Å². The van der Waals surface area contributed by atoms with E-state index in [0.717, 1.165) is 0 Å². The van der Waals surface area contributed by atoms with E-state index in [1.54, 1.807) is 19.9 Å². The Hall–Kier alpha value is -1.12. The van der Waals surface area contributed by atoms with Crippen molar-refractivity contribution in [1.29, 1.82) is 0 Å². The molecule has 13 heavy (non-hydrogen) atoms. The third kappa shape index (κ3) is 6.08. The lowest BCUT2D eigenvalue weighted by Gasteiger charge is -2.00. The molecule has 0 fully saturated rings.